The predicted octanol–water partition coefficient (Wildman–Crippen LogP) is 2.21. The van der Waals surface area contributed by atoms with E-state index in [0.717, 1.165) is 9.37 Å². The Balaban J connectivity index is 2.82. The van der Waals surface area contributed by atoms with Crippen LogP contribution >= 0.6 is 15.9 Å². The zero-order chi connectivity index (χ0) is 25.3. The minimum Gasteiger partial charge on any atom is -0.480 e. The lowest BCUT2D eigenvalue weighted by Crippen LogP contribution is -2.51. The highest BCUT2D eigenvalue weighted by Crippen LogP contribution is 2.12. The summed E-state index contributed by atoms with van der Waals surface area (Å²) in [5.74, 6) is -3.39. The number of hydrogen-bond donors (Lipinski definition) is 3. The van der Waals surface area contributed by atoms with Crippen LogP contribution in [0.2, 0.25) is 0 Å². The number of carbonyl (C=O) groups excluding carboxylic acids is 4. The first-order valence-electron chi connectivity index (χ1n) is 10.2. The number of carboxylic acids is 1. The molecule has 0 fully saturated rings. The molecule has 33 heavy (non-hydrogen) atoms. The van der Waals surface area contributed by atoms with Crippen molar-refractivity contribution in [2.75, 3.05) is 19.6 Å². The standard InChI is InChI=1S/C22H30BrN3O7/c1-13(2)19(20(30)31)25-18(29)12-26(21(32)33-22(3,4)5)11-17(28)24-10-16(27)14-6-8-15(23)9-7-14/h6-9,13,19H,10-12H2,1-5H3,(H,24,28)(H,25,29)(H,30,31). The molecule has 0 saturated heterocycles. The third-order valence-electron chi connectivity index (χ3n) is 4.18. The lowest BCUT2D eigenvalue weighted by Gasteiger charge is -2.27. The van der Waals surface area contributed by atoms with Gasteiger partial charge in [-0.1, -0.05) is 41.9 Å². The van der Waals surface area contributed by atoms with E-state index in [9.17, 15) is 29.1 Å². The average Bonchev–Trinajstić information content (AvgIpc) is 2.68. The van der Waals surface area contributed by atoms with Crippen molar-refractivity contribution in [3.8, 4) is 0 Å². The maximum absolute atomic E-state index is 12.5. The second-order valence-electron chi connectivity index (χ2n) is 8.67. The topological polar surface area (TPSA) is 142 Å². The Morgan fingerprint density at radius 3 is 2.06 bits per heavy atom. The number of nitrogens with zero attached hydrogens (tertiary/aromatic N) is 1. The smallest absolute Gasteiger partial charge is 0.411 e. The number of ketones is 1. The number of rotatable bonds is 10. The van der Waals surface area contributed by atoms with Gasteiger partial charge in [-0.2, -0.15) is 0 Å². The summed E-state index contributed by atoms with van der Waals surface area (Å²) in [5, 5.41) is 14.0. The molecule has 1 rings (SSSR count). The SMILES string of the molecule is CC(C)C(NC(=O)CN(CC(=O)NCC(=O)c1ccc(Br)cc1)C(=O)OC(C)(C)C)C(=O)O. The molecule has 1 aromatic rings. The molecule has 0 radical (unpaired) electrons. The first kappa shape index (κ1) is 28.1. The number of halogens is 1. The summed E-state index contributed by atoms with van der Waals surface area (Å²) in [6, 6.07) is 5.43. The van der Waals surface area contributed by atoms with Gasteiger partial charge in [0.15, 0.2) is 5.78 Å². The Kier molecular flexibility index (Phi) is 10.5. The normalized spacial score (nSPS) is 12.0. The first-order chi connectivity index (χ1) is 15.2. The number of benzene rings is 1. The summed E-state index contributed by atoms with van der Waals surface area (Å²) < 4.78 is 6.05. The fourth-order valence-corrected chi connectivity index (χ4v) is 2.83. The molecule has 182 valence electrons. The molecule has 0 aliphatic carbocycles. The zero-order valence-corrected chi connectivity index (χ0v) is 20.9. The van der Waals surface area contributed by atoms with Crippen molar-refractivity contribution in [2.24, 2.45) is 5.92 Å². The van der Waals surface area contributed by atoms with Crippen molar-refractivity contribution in [1.29, 1.82) is 0 Å². The molecule has 0 spiro atoms. The van der Waals surface area contributed by atoms with Crippen molar-refractivity contribution < 1.29 is 33.8 Å². The van der Waals surface area contributed by atoms with Gasteiger partial charge >= 0.3 is 12.1 Å². The number of amides is 3. The largest absolute Gasteiger partial charge is 0.480 e. The van der Waals surface area contributed by atoms with Crippen molar-refractivity contribution >= 4 is 45.6 Å². The van der Waals surface area contributed by atoms with E-state index in [4.69, 9.17) is 4.74 Å². The van der Waals surface area contributed by atoms with E-state index >= 15 is 0 Å². The van der Waals surface area contributed by atoms with E-state index in [1.54, 1.807) is 58.9 Å². The van der Waals surface area contributed by atoms with Crippen LogP contribution in [0.3, 0.4) is 0 Å². The van der Waals surface area contributed by atoms with Crippen LogP contribution in [0.15, 0.2) is 28.7 Å². The number of ether oxygens (including phenoxy) is 1. The molecular formula is C22H30BrN3O7. The molecule has 0 aliphatic heterocycles. The Labute approximate surface area is 201 Å². The third-order valence-corrected chi connectivity index (χ3v) is 4.71. The quantitative estimate of drug-likeness (QED) is 0.396. The zero-order valence-electron chi connectivity index (χ0n) is 19.3. The first-order valence-corrected chi connectivity index (χ1v) is 11.0. The van der Waals surface area contributed by atoms with Crippen molar-refractivity contribution in [3.05, 3.63) is 34.3 Å². The van der Waals surface area contributed by atoms with Gasteiger partial charge in [0.2, 0.25) is 11.8 Å². The number of nitrogens with one attached hydrogen (secondary N) is 2. The summed E-state index contributed by atoms with van der Waals surface area (Å²) in [7, 11) is 0. The van der Waals surface area contributed by atoms with Gasteiger partial charge in [-0.15, -0.1) is 0 Å². The lowest BCUT2D eigenvalue weighted by molar-refractivity contribution is -0.143. The summed E-state index contributed by atoms with van der Waals surface area (Å²) >= 11 is 3.27. The molecule has 1 aromatic carbocycles. The van der Waals surface area contributed by atoms with Crippen molar-refractivity contribution in [3.63, 3.8) is 0 Å². The van der Waals surface area contributed by atoms with E-state index in [1.807, 2.05) is 0 Å². The highest BCUT2D eigenvalue weighted by molar-refractivity contribution is 9.10. The van der Waals surface area contributed by atoms with E-state index in [2.05, 4.69) is 26.6 Å². The van der Waals surface area contributed by atoms with E-state index < -0.39 is 54.5 Å². The molecular weight excluding hydrogens is 498 g/mol. The summed E-state index contributed by atoms with van der Waals surface area (Å²) in [6.45, 7) is 6.66. The molecule has 3 N–H and O–H groups in total. The fraction of sp³-hybridized carbons (Fsp3) is 0.500. The number of carboxylic acid groups (broad SMARTS) is 1. The van der Waals surface area contributed by atoms with Crippen LogP contribution < -0.4 is 10.6 Å². The van der Waals surface area contributed by atoms with Crippen LogP contribution in [-0.4, -0.2) is 70.9 Å². The lowest BCUT2D eigenvalue weighted by atomic mass is 10.0. The molecule has 0 aromatic heterocycles. The molecule has 0 bridgehead atoms. The number of hydrogen-bond acceptors (Lipinski definition) is 6. The minimum atomic E-state index is -1.22. The van der Waals surface area contributed by atoms with Gasteiger partial charge in [0.25, 0.3) is 0 Å². The monoisotopic (exact) mass is 527 g/mol. The maximum atomic E-state index is 12.5. The van der Waals surface area contributed by atoms with Crippen molar-refractivity contribution in [2.45, 2.75) is 46.3 Å². The van der Waals surface area contributed by atoms with Crippen LogP contribution in [0.5, 0.6) is 0 Å². The highest BCUT2D eigenvalue weighted by atomic mass is 79.9. The second-order valence-corrected chi connectivity index (χ2v) is 9.59. The molecule has 0 heterocycles. The molecule has 1 atom stereocenters. The maximum Gasteiger partial charge on any atom is 0.411 e. The van der Waals surface area contributed by atoms with Crippen molar-refractivity contribution in [1.82, 2.24) is 15.5 Å². The summed E-state index contributed by atoms with van der Waals surface area (Å²) in [6.07, 6.45) is -0.927. The van der Waals surface area contributed by atoms with Crippen LogP contribution in [0, 0.1) is 5.92 Å². The molecule has 10 nitrogen and oxygen atoms in total. The van der Waals surface area contributed by atoms with E-state index in [1.165, 1.54) is 0 Å². The number of aliphatic carboxylic acids is 1. The third kappa shape index (κ3) is 10.5. The Morgan fingerprint density at radius 1 is 1.03 bits per heavy atom. The van der Waals surface area contributed by atoms with Crippen LogP contribution in [0.4, 0.5) is 4.79 Å². The van der Waals surface area contributed by atoms with Gasteiger partial charge in [-0.3, -0.25) is 19.3 Å². The molecule has 1 unspecified atom stereocenters. The summed E-state index contributed by atoms with van der Waals surface area (Å²) in [5.41, 5.74) is -0.489. The van der Waals surface area contributed by atoms with Gasteiger partial charge < -0.3 is 20.5 Å². The van der Waals surface area contributed by atoms with Crippen LogP contribution in [0.25, 0.3) is 0 Å². The fourth-order valence-electron chi connectivity index (χ4n) is 2.56. The van der Waals surface area contributed by atoms with Gasteiger partial charge in [-0.05, 0) is 38.8 Å². The van der Waals surface area contributed by atoms with Gasteiger partial charge in [-0.25, -0.2) is 9.59 Å². The molecule has 0 aliphatic rings. The molecule has 3 amide bonds. The number of Topliss-reactive ketones (excluding diaryl/α,β-unsaturated/α-hetero) is 1. The highest BCUT2D eigenvalue weighted by Gasteiger charge is 2.29. The Hall–Kier alpha value is -2.95. The Bertz CT molecular complexity index is 879. The second kappa shape index (κ2) is 12.3. The Morgan fingerprint density at radius 2 is 1.58 bits per heavy atom. The van der Waals surface area contributed by atoms with E-state index in [0.29, 0.717) is 5.56 Å². The van der Waals surface area contributed by atoms with E-state index in [-0.39, 0.29) is 12.3 Å². The molecule has 0 saturated carbocycles. The van der Waals surface area contributed by atoms with Gasteiger partial charge in [0, 0.05) is 10.0 Å². The average molecular weight is 528 g/mol. The molecule has 11 heteroatoms. The minimum absolute atomic E-state index is 0.302. The summed E-state index contributed by atoms with van der Waals surface area (Å²) in [4.78, 5) is 61.7. The van der Waals surface area contributed by atoms with Crippen LogP contribution in [0.1, 0.15) is 45.0 Å². The van der Waals surface area contributed by atoms with Gasteiger partial charge in [0.1, 0.15) is 24.7 Å². The van der Waals surface area contributed by atoms with Crippen LogP contribution in [-0.2, 0) is 19.1 Å². The van der Waals surface area contributed by atoms with Gasteiger partial charge in [0.05, 0.1) is 6.54 Å². The number of carbonyl (C=O) groups is 5. The predicted molar refractivity (Wildman–Crippen MR) is 124 cm³/mol.